The molecule has 6 nitrogen and oxygen atoms in total. The van der Waals surface area contributed by atoms with E-state index >= 15 is 0 Å². The van der Waals surface area contributed by atoms with Crippen molar-refractivity contribution < 1.29 is 28.7 Å². The molecule has 0 aliphatic carbocycles. The Kier molecular flexibility index (Phi) is 6.41. The molecule has 2 atom stereocenters. The van der Waals surface area contributed by atoms with Gasteiger partial charge in [0.15, 0.2) is 0 Å². The molecule has 0 aromatic rings. The van der Waals surface area contributed by atoms with E-state index in [1.807, 2.05) is 0 Å². The van der Waals surface area contributed by atoms with Crippen molar-refractivity contribution in [3.8, 4) is 0 Å². The molecule has 0 aromatic carbocycles. The van der Waals surface area contributed by atoms with Gasteiger partial charge in [0.25, 0.3) is 0 Å². The standard InChI is InChI=1S/C8H20O6P2/c1-7(15(9,10)11)5-3-4-6-8(2)16(12,13)14/h7-8H,3-6H2,1-2H3,(H2,9,10,11)(H2,12,13,14). The Balaban J connectivity index is 3.78. The summed E-state index contributed by atoms with van der Waals surface area (Å²) in [5.74, 6) is 0. The molecule has 16 heavy (non-hydrogen) atoms. The summed E-state index contributed by atoms with van der Waals surface area (Å²) in [6, 6.07) is 0. The predicted molar refractivity (Wildman–Crippen MR) is 61.5 cm³/mol. The third-order valence-corrected chi connectivity index (χ3v) is 5.46. The lowest BCUT2D eigenvalue weighted by molar-refractivity contribution is 0.349. The third kappa shape index (κ3) is 6.79. The molecule has 0 saturated heterocycles. The first kappa shape index (κ1) is 16.3. The Morgan fingerprint density at radius 2 is 1.06 bits per heavy atom. The van der Waals surface area contributed by atoms with Gasteiger partial charge in [-0.2, -0.15) is 0 Å². The first-order valence-electron chi connectivity index (χ1n) is 5.15. The molecule has 0 radical (unpaired) electrons. The van der Waals surface area contributed by atoms with Crippen molar-refractivity contribution in [2.75, 3.05) is 0 Å². The van der Waals surface area contributed by atoms with Gasteiger partial charge in [-0.1, -0.05) is 26.7 Å². The highest BCUT2D eigenvalue weighted by Crippen LogP contribution is 2.45. The van der Waals surface area contributed by atoms with Crippen LogP contribution in [-0.2, 0) is 9.13 Å². The van der Waals surface area contributed by atoms with E-state index in [0.717, 1.165) is 0 Å². The zero-order valence-corrected chi connectivity index (χ0v) is 11.3. The molecule has 98 valence electrons. The smallest absolute Gasteiger partial charge is 0.324 e. The average Bonchev–Trinajstić information content (AvgIpc) is 2.08. The van der Waals surface area contributed by atoms with Crippen LogP contribution in [0.1, 0.15) is 39.5 Å². The van der Waals surface area contributed by atoms with Crippen molar-refractivity contribution in [3.05, 3.63) is 0 Å². The average molecular weight is 274 g/mol. The van der Waals surface area contributed by atoms with Crippen molar-refractivity contribution >= 4 is 15.2 Å². The van der Waals surface area contributed by atoms with Crippen LogP contribution in [0.25, 0.3) is 0 Å². The van der Waals surface area contributed by atoms with E-state index in [0.29, 0.717) is 25.7 Å². The quantitative estimate of drug-likeness (QED) is 0.414. The Morgan fingerprint density at radius 1 is 0.812 bits per heavy atom. The molecule has 0 spiro atoms. The van der Waals surface area contributed by atoms with Crippen molar-refractivity contribution in [2.45, 2.75) is 50.8 Å². The topological polar surface area (TPSA) is 115 Å². The van der Waals surface area contributed by atoms with Crippen LogP contribution in [0, 0.1) is 0 Å². The molecule has 8 heteroatoms. The highest BCUT2D eigenvalue weighted by molar-refractivity contribution is 7.52. The van der Waals surface area contributed by atoms with E-state index in [-0.39, 0.29) is 0 Å². The molecular weight excluding hydrogens is 254 g/mol. The fourth-order valence-electron chi connectivity index (χ4n) is 1.22. The molecule has 0 bridgehead atoms. The second kappa shape index (κ2) is 6.29. The molecule has 0 heterocycles. The van der Waals surface area contributed by atoms with E-state index in [9.17, 15) is 9.13 Å². The summed E-state index contributed by atoms with van der Waals surface area (Å²) in [4.78, 5) is 35.2. The second-order valence-electron chi connectivity index (χ2n) is 4.16. The molecule has 0 aliphatic heterocycles. The van der Waals surface area contributed by atoms with E-state index in [4.69, 9.17) is 19.6 Å². The fraction of sp³-hybridized carbons (Fsp3) is 1.00. The summed E-state index contributed by atoms with van der Waals surface area (Å²) in [5, 5.41) is 0. The van der Waals surface area contributed by atoms with Crippen LogP contribution in [0.4, 0.5) is 0 Å². The first-order valence-corrected chi connectivity index (χ1v) is 8.52. The van der Waals surface area contributed by atoms with Crippen LogP contribution >= 0.6 is 15.2 Å². The van der Waals surface area contributed by atoms with Gasteiger partial charge in [-0.3, -0.25) is 9.13 Å². The lowest BCUT2D eigenvalue weighted by atomic mass is 10.1. The maximum Gasteiger partial charge on any atom is 0.328 e. The Morgan fingerprint density at radius 3 is 1.25 bits per heavy atom. The van der Waals surface area contributed by atoms with Crippen molar-refractivity contribution in [2.24, 2.45) is 0 Å². The highest BCUT2D eigenvalue weighted by atomic mass is 31.2. The maximum absolute atomic E-state index is 10.8. The van der Waals surface area contributed by atoms with Gasteiger partial charge < -0.3 is 19.6 Å². The summed E-state index contributed by atoms with van der Waals surface area (Å²) >= 11 is 0. The van der Waals surface area contributed by atoms with Gasteiger partial charge in [0, 0.05) is 0 Å². The number of hydrogen-bond acceptors (Lipinski definition) is 2. The Hall–Kier alpha value is 0.300. The van der Waals surface area contributed by atoms with Gasteiger partial charge in [-0.15, -0.1) is 0 Å². The molecule has 4 N–H and O–H groups in total. The summed E-state index contributed by atoms with van der Waals surface area (Å²) in [7, 11) is -8.01. The minimum atomic E-state index is -4.01. The normalized spacial score (nSPS) is 17.1. The van der Waals surface area contributed by atoms with E-state index in [1.165, 1.54) is 13.8 Å². The second-order valence-corrected chi connectivity index (χ2v) is 8.28. The largest absolute Gasteiger partial charge is 0.328 e. The lowest BCUT2D eigenvalue weighted by Gasteiger charge is -2.15. The van der Waals surface area contributed by atoms with Crippen LogP contribution in [0.15, 0.2) is 0 Å². The molecule has 0 amide bonds. The maximum atomic E-state index is 10.8. The van der Waals surface area contributed by atoms with Gasteiger partial charge in [0.1, 0.15) is 0 Å². The van der Waals surface area contributed by atoms with Crippen LogP contribution in [0.3, 0.4) is 0 Å². The summed E-state index contributed by atoms with van der Waals surface area (Å²) in [6.07, 6.45) is 1.88. The zero-order chi connectivity index (χ0) is 13.0. The van der Waals surface area contributed by atoms with E-state index < -0.39 is 26.5 Å². The molecule has 0 fully saturated rings. The zero-order valence-electron chi connectivity index (χ0n) is 9.48. The monoisotopic (exact) mass is 274 g/mol. The minimum absolute atomic E-state index is 0.373. The molecule has 0 saturated carbocycles. The minimum Gasteiger partial charge on any atom is -0.324 e. The van der Waals surface area contributed by atoms with Gasteiger partial charge in [-0.25, -0.2) is 0 Å². The number of rotatable bonds is 7. The van der Waals surface area contributed by atoms with Crippen LogP contribution in [0.2, 0.25) is 0 Å². The highest BCUT2D eigenvalue weighted by Gasteiger charge is 2.25. The Labute approximate surface area is 95.4 Å². The van der Waals surface area contributed by atoms with Crippen LogP contribution < -0.4 is 0 Å². The SMILES string of the molecule is CC(CCCCC(C)P(=O)(O)O)P(=O)(O)O. The number of unbranched alkanes of at least 4 members (excludes halogenated alkanes) is 1. The van der Waals surface area contributed by atoms with Crippen molar-refractivity contribution in [1.29, 1.82) is 0 Å². The lowest BCUT2D eigenvalue weighted by Crippen LogP contribution is -2.05. The summed E-state index contributed by atoms with van der Waals surface area (Å²) in [5.41, 5.74) is -1.37. The van der Waals surface area contributed by atoms with Crippen molar-refractivity contribution in [3.63, 3.8) is 0 Å². The molecular formula is C8H20O6P2. The van der Waals surface area contributed by atoms with Gasteiger partial charge >= 0.3 is 15.2 Å². The predicted octanol–water partition coefficient (Wildman–Crippen LogP) is 1.68. The van der Waals surface area contributed by atoms with Gasteiger partial charge in [0.2, 0.25) is 0 Å². The van der Waals surface area contributed by atoms with E-state index in [1.54, 1.807) is 0 Å². The molecule has 0 aromatic heterocycles. The van der Waals surface area contributed by atoms with Crippen LogP contribution in [0.5, 0.6) is 0 Å². The molecule has 0 rings (SSSR count). The molecule has 2 unspecified atom stereocenters. The first-order chi connectivity index (χ1) is 7.05. The van der Waals surface area contributed by atoms with Gasteiger partial charge in [-0.05, 0) is 12.8 Å². The fourth-order valence-corrected chi connectivity index (χ4v) is 2.25. The summed E-state index contributed by atoms with van der Waals surface area (Å²) < 4.78 is 21.6. The Bertz CT molecular complexity index is 263. The van der Waals surface area contributed by atoms with Crippen LogP contribution in [-0.4, -0.2) is 30.9 Å². The summed E-state index contributed by atoms with van der Waals surface area (Å²) in [6.45, 7) is 2.96. The third-order valence-electron chi connectivity index (χ3n) is 2.64. The van der Waals surface area contributed by atoms with E-state index in [2.05, 4.69) is 0 Å². The molecule has 0 aliphatic rings. The number of hydrogen-bond donors (Lipinski definition) is 4. The van der Waals surface area contributed by atoms with Crippen molar-refractivity contribution in [1.82, 2.24) is 0 Å². The van der Waals surface area contributed by atoms with Gasteiger partial charge in [0.05, 0.1) is 11.3 Å².